The summed E-state index contributed by atoms with van der Waals surface area (Å²) in [5, 5.41) is 0. The molecular formula is C11H14N4O. The van der Waals surface area contributed by atoms with Crippen molar-refractivity contribution in [2.24, 2.45) is 15.4 Å². The van der Waals surface area contributed by atoms with E-state index in [1.54, 1.807) is 0 Å². The Balaban J connectivity index is 1.59. The third-order valence-corrected chi connectivity index (χ3v) is 3.31. The number of rotatable bonds is 1. The van der Waals surface area contributed by atoms with Crippen LogP contribution < -0.4 is 0 Å². The molecule has 0 bridgehead atoms. The van der Waals surface area contributed by atoms with Gasteiger partial charge in [0.25, 0.3) is 0 Å². The van der Waals surface area contributed by atoms with Crippen molar-refractivity contribution in [1.82, 2.24) is 9.80 Å². The lowest BCUT2D eigenvalue weighted by Crippen LogP contribution is -2.72. The molecule has 1 spiro atoms. The molecule has 2 fully saturated rings. The molecule has 5 nitrogen and oxygen atoms in total. The summed E-state index contributed by atoms with van der Waals surface area (Å²) in [4.78, 5) is 23.1. The van der Waals surface area contributed by atoms with E-state index in [1.165, 1.54) is 0 Å². The number of likely N-dealkylation sites (tertiary alicyclic amines) is 2. The Labute approximate surface area is 94.2 Å². The van der Waals surface area contributed by atoms with Gasteiger partial charge in [-0.05, 0) is 0 Å². The number of carbonyl (C=O) groups is 1. The average Bonchev–Trinajstić information content (AvgIpc) is 2.42. The standard InChI is InChI=1S/C11H14N4O/c16-9-14-5-11(6-14)7-15(8-11)10-12-3-1-2-4-13-10/h1,3-4,9H,2,5-8H2. The van der Waals surface area contributed by atoms with Crippen LogP contribution in [0, 0.1) is 5.41 Å². The van der Waals surface area contributed by atoms with Crippen LogP contribution >= 0.6 is 0 Å². The number of hydrogen-bond acceptors (Lipinski definition) is 4. The minimum atomic E-state index is 0.328. The van der Waals surface area contributed by atoms with Crippen molar-refractivity contribution < 1.29 is 4.79 Å². The van der Waals surface area contributed by atoms with Crippen molar-refractivity contribution in [3.8, 4) is 0 Å². The van der Waals surface area contributed by atoms with E-state index < -0.39 is 0 Å². The second kappa shape index (κ2) is 3.43. The number of carbonyl (C=O) groups excluding carboxylic acids is 1. The smallest absolute Gasteiger partial charge is 0.224 e. The first-order chi connectivity index (χ1) is 7.81. The molecule has 0 aliphatic carbocycles. The molecule has 0 unspecified atom stereocenters. The molecule has 1 amide bonds. The summed E-state index contributed by atoms with van der Waals surface area (Å²) in [5.41, 5.74) is 0.328. The Morgan fingerprint density at radius 1 is 1.31 bits per heavy atom. The maximum Gasteiger partial charge on any atom is 0.224 e. The van der Waals surface area contributed by atoms with Crippen molar-refractivity contribution in [1.29, 1.82) is 0 Å². The van der Waals surface area contributed by atoms with Crippen LogP contribution in [-0.2, 0) is 4.79 Å². The first-order valence-corrected chi connectivity index (χ1v) is 5.51. The van der Waals surface area contributed by atoms with Gasteiger partial charge in [-0.15, -0.1) is 0 Å². The van der Waals surface area contributed by atoms with Gasteiger partial charge in [0.2, 0.25) is 12.4 Å². The van der Waals surface area contributed by atoms with E-state index in [4.69, 9.17) is 0 Å². The largest absolute Gasteiger partial charge is 0.344 e. The molecule has 16 heavy (non-hydrogen) atoms. The van der Waals surface area contributed by atoms with Gasteiger partial charge in [-0.25, -0.2) is 9.98 Å². The molecule has 3 aliphatic heterocycles. The third kappa shape index (κ3) is 1.43. The fourth-order valence-corrected chi connectivity index (χ4v) is 2.57. The van der Waals surface area contributed by atoms with Crippen LogP contribution in [0.25, 0.3) is 0 Å². The number of nitrogens with zero attached hydrogens (tertiary/aromatic N) is 4. The topological polar surface area (TPSA) is 48.3 Å². The minimum absolute atomic E-state index is 0.328. The van der Waals surface area contributed by atoms with Crippen molar-refractivity contribution in [2.45, 2.75) is 6.42 Å². The van der Waals surface area contributed by atoms with E-state index in [1.807, 2.05) is 23.4 Å². The molecule has 0 radical (unpaired) electrons. The SMILES string of the molecule is O=CN1CC2(C1)CN(C1=NC=CCC=N1)C2. The third-order valence-electron chi connectivity index (χ3n) is 3.31. The Morgan fingerprint density at radius 3 is 2.88 bits per heavy atom. The zero-order chi connectivity index (χ0) is 11.0. The van der Waals surface area contributed by atoms with Crippen molar-refractivity contribution in [3.05, 3.63) is 12.3 Å². The van der Waals surface area contributed by atoms with E-state index in [0.717, 1.165) is 45.0 Å². The highest BCUT2D eigenvalue weighted by molar-refractivity contribution is 5.90. The number of hydrogen-bond donors (Lipinski definition) is 0. The van der Waals surface area contributed by atoms with Gasteiger partial charge in [-0.1, -0.05) is 6.08 Å². The van der Waals surface area contributed by atoms with Gasteiger partial charge in [0, 0.05) is 50.4 Å². The first kappa shape index (κ1) is 9.57. The van der Waals surface area contributed by atoms with E-state index in [0.29, 0.717) is 5.41 Å². The molecule has 0 saturated carbocycles. The predicted octanol–water partition coefficient (Wildman–Crippen LogP) is 0.105. The van der Waals surface area contributed by atoms with Crippen LogP contribution in [0.2, 0.25) is 0 Å². The number of aliphatic imine (C=N–C) groups is 2. The van der Waals surface area contributed by atoms with Gasteiger partial charge >= 0.3 is 0 Å². The van der Waals surface area contributed by atoms with Crippen molar-refractivity contribution in [2.75, 3.05) is 26.2 Å². The molecule has 3 rings (SSSR count). The predicted molar refractivity (Wildman–Crippen MR) is 61.3 cm³/mol. The van der Waals surface area contributed by atoms with Crippen LogP contribution in [0.4, 0.5) is 0 Å². The molecule has 84 valence electrons. The maximum absolute atomic E-state index is 10.5. The summed E-state index contributed by atoms with van der Waals surface area (Å²) in [5.74, 6) is 0.809. The molecule has 5 heteroatoms. The van der Waals surface area contributed by atoms with E-state index in [2.05, 4.69) is 14.9 Å². The molecule has 0 atom stereocenters. The van der Waals surface area contributed by atoms with Crippen LogP contribution in [0.5, 0.6) is 0 Å². The van der Waals surface area contributed by atoms with Crippen molar-refractivity contribution in [3.63, 3.8) is 0 Å². The number of allylic oxidation sites excluding steroid dienone is 1. The Morgan fingerprint density at radius 2 is 2.12 bits per heavy atom. The molecule has 0 aromatic heterocycles. The summed E-state index contributed by atoms with van der Waals surface area (Å²) >= 11 is 0. The monoisotopic (exact) mass is 218 g/mol. The molecule has 0 aromatic carbocycles. The molecule has 2 saturated heterocycles. The summed E-state index contributed by atoms with van der Waals surface area (Å²) in [6, 6.07) is 0. The van der Waals surface area contributed by atoms with Crippen LogP contribution in [0.1, 0.15) is 6.42 Å². The minimum Gasteiger partial charge on any atom is -0.344 e. The highest BCUT2D eigenvalue weighted by Gasteiger charge is 2.52. The average molecular weight is 218 g/mol. The van der Waals surface area contributed by atoms with Gasteiger partial charge in [-0.3, -0.25) is 4.79 Å². The van der Waals surface area contributed by atoms with E-state index in [-0.39, 0.29) is 0 Å². The first-order valence-electron chi connectivity index (χ1n) is 5.51. The van der Waals surface area contributed by atoms with E-state index in [9.17, 15) is 4.79 Å². The van der Waals surface area contributed by atoms with Gasteiger partial charge in [-0.2, -0.15) is 0 Å². The summed E-state index contributed by atoms with van der Waals surface area (Å²) in [6.07, 6.45) is 7.46. The Kier molecular flexibility index (Phi) is 2.05. The fourth-order valence-electron chi connectivity index (χ4n) is 2.57. The zero-order valence-electron chi connectivity index (χ0n) is 9.04. The fraction of sp³-hybridized carbons (Fsp3) is 0.545. The lowest BCUT2D eigenvalue weighted by molar-refractivity contribution is -0.139. The molecule has 3 heterocycles. The molecule has 3 aliphatic rings. The summed E-state index contributed by atoms with van der Waals surface area (Å²) in [6.45, 7) is 3.72. The van der Waals surface area contributed by atoms with Gasteiger partial charge in [0.05, 0.1) is 0 Å². The lowest BCUT2D eigenvalue weighted by atomic mass is 9.73. The quantitative estimate of drug-likeness (QED) is 0.586. The van der Waals surface area contributed by atoms with Crippen LogP contribution in [-0.4, -0.2) is 54.6 Å². The second-order valence-corrected chi connectivity index (χ2v) is 4.73. The van der Waals surface area contributed by atoms with E-state index >= 15 is 0 Å². The Hall–Kier alpha value is -1.65. The number of guanidine groups is 1. The van der Waals surface area contributed by atoms with Gasteiger partial charge in [0.1, 0.15) is 0 Å². The zero-order valence-corrected chi connectivity index (χ0v) is 9.04. The lowest BCUT2D eigenvalue weighted by Gasteiger charge is -2.59. The maximum atomic E-state index is 10.5. The van der Waals surface area contributed by atoms with Crippen LogP contribution in [0.15, 0.2) is 22.3 Å². The van der Waals surface area contributed by atoms with Crippen LogP contribution in [0.3, 0.4) is 0 Å². The number of amides is 1. The highest BCUT2D eigenvalue weighted by atomic mass is 16.1. The highest BCUT2D eigenvalue weighted by Crippen LogP contribution is 2.39. The molecular weight excluding hydrogens is 204 g/mol. The Bertz CT molecular complexity index is 385. The molecule has 0 N–H and O–H groups in total. The normalized spacial score (nSPS) is 25.9. The van der Waals surface area contributed by atoms with Gasteiger partial charge < -0.3 is 9.80 Å². The van der Waals surface area contributed by atoms with Gasteiger partial charge in [0.15, 0.2) is 0 Å². The van der Waals surface area contributed by atoms with Crippen molar-refractivity contribution >= 4 is 18.6 Å². The second-order valence-electron chi connectivity index (χ2n) is 4.73. The summed E-state index contributed by atoms with van der Waals surface area (Å²) in [7, 11) is 0. The molecule has 0 aromatic rings. The summed E-state index contributed by atoms with van der Waals surface area (Å²) < 4.78 is 0.